The maximum atomic E-state index is 13.8. The fourth-order valence-corrected chi connectivity index (χ4v) is 3.24. The molecule has 3 rings (SSSR count). The smallest absolute Gasteiger partial charge is 0.260 e. The van der Waals surface area contributed by atoms with Gasteiger partial charge in [0.15, 0.2) is 23.3 Å². The van der Waals surface area contributed by atoms with E-state index >= 15 is 0 Å². The van der Waals surface area contributed by atoms with E-state index in [0.717, 1.165) is 16.9 Å². The largest absolute Gasteiger partial charge is 0.338 e. The van der Waals surface area contributed by atoms with Gasteiger partial charge in [-0.15, -0.1) is 0 Å². The monoisotopic (exact) mass is 369 g/mol. The standard InChI is InChI=1S/C19H16F5NO/c20-14-13(15(21)17(23)18(24)16(14)22)19(26)25-8-6-12(7-9-25)10-11-4-2-1-3-5-11/h1-5,12H,6-10H2. The van der Waals surface area contributed by atoms with E-state index in [1.54, 1.807) is 0 Å². The highest BCUT2D eigenvalue weighted by Crippen LogP contribution is 2.27. The Hall–Kier alpha value is -2.44. The first-order chi connectivity index (χ1) is 12.4. The van der Waals surface area contributed by atoms with Crippen molar-refractivity contribution in [3.05, 3.63) is 70.5 Å². The lowest BCUT2D eigenvalue weighted by Gasteiger charge is -2.32. The van der Waals surface area contributed by atoms with Crippen molar-refractivity contribution in [3.8, 4) is 0 Å². The molecule has 1 amide bonds. The average Bonchev–Trinajstić information content (AvgIpc) is 2.66. The van der Waals surface area contributed by atoms with Crippen LogP contribution in [-0.4, -0.2) is 23.9 Å². The third kappa shape index (κ3) is 3.43. The van der Waals surface area contributed by atoms with E-state index in [2.05, 4.69) is 0 Å². The van der Waals surface area contributed by atoms with Gasteiger partial charge in [0.05, 0.1) is 0 Å². The van der Waals surface area contributed by atoms with Gasteiger partial charge in [0.1, 0.15) is 5.56 Å². The van der Waals surface area contributed by atoms with Crippen molar-refractivity contribution in [2.75, 3.05) is 13.1 Å². The second-order valence-electron chi connectivity index (χ2n) is 6.37. The maximum Gasteiger partial charge on any atom is 0.260 e. The van der Waals surface area contributed by atoms with Crippen LogP contribution in [0.3, 0.4) is 0 Å². The van der Waals surface area contributed by atoms with E-state index in [-0.39, 0.29) is 19.0 Å². The normalized spacial score (nSPS) is 15.3. The summed E-state index contributed by atoms with van der Waals surface area (Å²) >= 11 is 0. The van der Waals surface area contributed by atoms with Gasteiger partial charge in [-0.3, -0.25) is 4.79 Å². The van der Waals surface area contributed by atoms with Gasteiger partial charge in [-0.2, -0.15) is 0 Å². The van der Waals surface area contributed by atoms with Gasteiger partial charge in [0.25, 0.3) is 5.91 Å². The van der Waals surface area contributed by atoms with Gasteiger partial charge in [-0.1, -0.05) is 30.3 Å². The molecular formula is C19H16F5NO. The summed E-state index contributed by atoms with van der Waals surface area (Å²) < 4.78 is 67.3. The van der Waals surface area contributed by atoms with Crippen LogP contribution in [0.5, 0.6) is 0 Å². The molecule has 2 nitrogen and oxygen atoms in total. The second kappa shape index (κ2) is 7.43. The van der Waals surface area contributed by atoms with Crippen molar-refractivity contribution in [2.24, 2.45) is 5.92 Å². The Morgan fingerprint density at radius 3 is 1.88 bits per heavy atom. The van der Waals surface area contributed by atoms with Crippen LogP contribution in [0, 0.1) is 35.0 Å². The van der Waals surface area contributed by atoms with E-state index < -0.39 is 40.6 Å². The molecule has 1 fully saturated rings. The summed E-state index contributed by atoms with van der Waals surface area (Å²) in [6, 6.07) is 9.75. The summed E-state index contributed by atoms with van der Waals surface area (Å²) in [5, 5.41) is 0. The fraction of sp³-hybridized carbons (Fsp3) is 0.316. The summed E-state index contributed by atoms with van der Waals surface area (Å²) in [6.45, 7) is 0.408. The molecule has 0 aromatic heterocycles. The Bertz CT molecular complexity index is 787. The topological polar surface area (TPSA) is 20.3 Å². The van der Waals surface area contributed by atoms with Gasteiger partial charge in [0, 0.05) is 13.1 Å². The first kappa shape index (κ1) is 18.4. The molecule has 0 atom stereocenters. The SMILES string of the molecule is O=C(c1c(F)c(F)c(F)c(F)c1F)N1CCC(Cc2ccccc2)CC1. The lowest BCUT2D eigenvalue weighted by molar-refractivity contribution is 0.0677. The number of likely N-dealkylation sites (tertiary alicyclic amines) is 1. The molecule has 0 unspecified atom stereocenters. The number of carbonyl (C=O) groups excluding carboxylic acids is 1. The van der Waals surface area contributed by atoms with Crippen LogP contribution in [0.1, 0.15) is 28.8 Å². The van der Waals surface area contributed by atoms with E-state index in [0.29, 0.717) is 12.8 Å². The molecular weight excluding hydrogens is 353 g/mol. The van der Waals surface area contributed by atoms with Gasteiger partial charge >= 0.3 is 0 Å². The minimum absolute atomic E-state index is 0.204. The Kier molecular flexibility index (Phi) is 5.25. The number of benzene rings is 2. The molecule has 0 N–H and O–H groups in total. The van der Waals surface area contributed by atoms with Gasteiger partial charge in [-0.05, 0) is 30.7 Å². The highest BCUT2D eigenvalue weighted by Gasteiger charge is 2.33. The minimum Gasteiger partial charge on any atom is -0.338 e. The number of carbonyl (C=O) groups is 1. The van der Waals surface area contributed by atoms with Crippen LogP contribution in [0.2, 0.25) is 0 Å². The summed E-state index contributed by atoms with van der Waals surface area (Å²) in [5.41, 5.74) is -0.236. The minimum atomic E-state index is -2.27. The second-order valence-corrected chi connectivity index (χ2v) is 6.37. The predicted molar refractivity (Wildman–Crippen MR) is 85.0 cm³/mol. The number of amides is 1. The van der Waals surface area contributed by atoms with Gasteiger partial charge < -0.3 is 4.90 Å². The van der Waals surface area contributed by atoms with Crippen LogP contribution in [0.25, 0.3) is 0 Å². The zero-order valence-corrected chi connectivity index (χ0v) is 13.7. The molecule has 1 aliphatic heterocycles. The maximum absolute atomic E-state index is 13.8. The zero-order valence-electron chi connectivity index (χ0n) is 13.7. The number of halogens is 5. The van der Waals surface area contributed by atoms with Crippen LogP contribution in [-0.2, 0) is 6.42 Å². The average molecular weight is 369 g/mol. The van der Waals surface area contributed by atoms with Gasteiger partial charge in [-0.25, -0.2) is 22.0 Å². The molecule has 0 radical (unpaired) electrons. The molecule has 1 saturated heterocycles. The van der Waals surface area contributed by atoms with E-state index in [1.165, 1.54) is 0 Å². The lowest BCUT2D eigenvalue weighted by Crippen LogP contribution is -2.40. The Balaban J connectivity index is 1.71. The molecule has 0 saturated carbocycles. The highest BCUT2D eigenvalue weighted by atomic mass is 19.2. The van der Waals surface area contributed by atoms with Gasteiger partial charge in [0.2, 0.25) is 5.82 Å². The number of hydrogen-bond donors (Lipinski definition) is 0. The first-order valence-electron chi connectivity index (χ1n) is 8.24. The summed E-state index contributed by atoms with van der Waals surface area (Å²) in [6.07, 6.45) is 2.00. The van der Waals surface area contributed by atoms with Crippen molar-refractivity contribution in [3.63, 3.8) is 0 Å². The molecule has 1 aliphatic rings. The summed E-state index contributed by atoms with van der Waals surface area (Å²) in [7, 11) is 0. The third-order valence-electron chi connectivity index (χ3n) is 4.69. The number of piperidine rings is 1. The first-order valence-corrected chi connectivity index (χ1v) is 8.24. The number of nitrogens with zero attached hydrogens (tertiary/aromatic N) is 1. The molecule has 0 bridgehead atoms. The molecule has 7 heteroatoms. The van der Waals surface area contributed by atoms with Crippen LogP contribution in [0.4, 0.5) is 22.0 Å². The highest BCUT2D eigenvalue weighted by molar-refractivity contribution is 5.95. The van der Waals surface area contributed by atoms with E-state index in [9.17, 15) is 26.7 Å². The predicted octanol–water partition coefficient (Wildman–Crippen LogP) is 4.48. The lowest BCUT2D eigenvalue weighted by atomic mass is 9.90. The molecule has 0 aliphatic carbocycles. The summed E-state index contributed by atoms with van der Waals surface area (Å²) in [5.74, 6) is -11.5. The Morgan fingerprint density at radius 2 is 1.35 bits per heavy atom. The van der Waals surface area contributed by atoms with Crippen LogP contribution in [0.15, 0.2) is 30.3 Å². The molecule has 2 aromatic rings. The van der Waals surface area contributed by atoms with Crippen molar-refractivity contribution >= 4 is 5.91 Å². The molecule has 2 aromatic carbocycles. The van der Waals surface area contributed by atoms with Crippen molar-refractivity contribution < 1.29 is 26.7 Å². The van der Waals surface area contributed by atoms with Crippen LogP contribution >= 0.6 is 0 Å². The summed E-state index contributed by atoms with van der Waals surface area (Å²) in [4.78, 5) is 13.5. The van der Waals surface area contributed by atoms with E-state index in [1.807, 2.05) is 30.3 Å². The third-order valence-corrected chi connectivity index (χ3v) is 4.69. The van der Waals surface area contributed by atoms with Crippen molar-refractivity contribution in [1.29, 1.82) is 0 Å². The quantitative estimate of drug-likeness (QED) is 0.444. The Morgan fingerprint density at radius 1 is 0.846 bits per heavy atom. The molecule has 138 valence electrons. The zero-order chi connectivity index (χ0) is 18.8. The van der Waals surface area contributed by atoms with E-state index in [4.69, 9.17) is 0 Å². The number of rotatable bonds is 3. The van der Waals surface area contributed by atoms with Crippen LogP contribution < -0.4 is 0 Å². The van der Waals surface area contributed by atoms with Crippen molar-refractivity contribution in [1.82, 2.24) is 4.90 Å². The Labute approximate surface area is 147 Å². The fourth-order valence-electron chi connectivity index (χ4n) is 3.24. The molecule has 1 heterocycles. The van der Waals surface area contributed by atoms with Crippen molar-refractivity contribution in [2.45, 2.75) is 19.3 Å². The molecule has 26 heavy (non-hydrogen) atoms. The number of hydrogen-bond acceptors (Lipinski definition) is 1. The molecule has 0 spiro atoms.